The molecule has 1 aromatic rings. The van der Waals surface area contributed by atoms with Crippen molar-refractivity contribution in [2.24, 2.45) is 0 Å². The van der Waals surface area contributed by atoms with Gasteiger partial charge in [0.05, 0.1) is 19.8 Å². The Morgan fingerprint density at radius 3 is 2.62 bits per heavy atom. The molecule has 0 fully saturated rings. The highest BCUT2D eigenvalue weighted by atomic mass is 19.1. The Balaban J connectivity index is 3.22. The molecule has 0 unspecified atom stereocenters. The molecule has 0 aliphatic carbocycles. The van der Waals surface area contributed by atoms with Crippen molar-refractivity contribution in [3.05, 3.63) is 36.2 Å². The van der Waals surface area contributed by atoms with Crippen LogP contribution in [0.5, 0.6) is 5.75 Å². The van der Waals surface area contributed by atoms with Gasteiger partial charge >= 0.3 is 0 Å². The molecule has 0 aliphatic rings. The number of rotatable bonds is 3. The van der Waals surface area contributed by atoms with E-state index in [2.05, 4.69) is 6.58 Å². The molecule has 1 aromatic carbocycles. The van der Waals surface area contributed by atoms with Crippen LogP contribution in [0.1, 0.15) is 5.56 Å². The summed E-state index contributed by atoms with van der Waals surface area (Å²) in [5, 5.41) is 0. The van der Waals surface area contributed by atoms with Crippen molar-refractivity contribution in [3.63, 3.8) is 0 Å². The Bertz CT molecular complexity index is 321. The quantitative estimate of drug-likeness (QED) is 0.668. The lowest BCUT2D eigenvalue weighted by molar-refractivity contribution is 0.358. The number of ether oxygens (including phenoxy) is 2. The van der Waals surface area contributed by atoms with Gasteiger partial charge in [0.25, 0.3) is 0 Å². The predicted molar refractivity (Wildman–Crippen MR) is 49.0 cm³/mol. The molecule has 0 saturated heterocycles. The van der Waals surface area contributed by atoms with Crippen LogP contribution in [0.3, 0.4) is 0 Å². The van der Waals surface area contributed by atoms with Crippen molar-refractivity contribution in [3.8, 4) is 5.75 Å². The van der Waals surface area contributed by atoms with Crippen molar-refractivity contribution in [2.45, 2.75) is 0 Å². The molecule has 70 valence electrons. The molecule has 0 bridgehead atoms. The van der Waals surface area contributed by atoms with Crippen molar-refractivity contribution < 1.29 is 13.9 Å². The maximum Gasteiger partial charge on any atom is 0.137 e. The van der Waals surface area contributed by atoms with Gasteiger partial charge in [-0.1, -0.05) is 12.6 Å². The minimum absolute atomic E-state index is 0.259. The summed E-state index contributed by atoms with van der Waals surface area (Å²) in [6.45, 7) is 3.57. The zero-order valence-electron chi connectivity index (χ0n) is 7.63. The lowest BCUT2D eigenvalue weighted by atomic mass is 10.1. The predicted octanol–water partition coefficient (Wildman–Crippen LogP) is 2.45. The highest BCUT2D eigenvalue weighted by Crippen LogP contribution is 2.27. The maximum atomic E-state index is 13.3. The van der Waals surface area contributed by atoms with E-state index in [4.69, 9.17) is 9.47 Å². The van der Waals surface area contributed by atoms with Gasteiger partial charge in [-0.05, 0) is 12.1 Å². The average molecular weight is 182 g/mol. The number of hydrogen-bond donors (Lipinski definition) is 0. The first-order valence-electron chi connectivity index (χ1n) is 3.76. The first-order valence-corrected chi connectivity index (χ1v) is 3.76. The van der Waals surface area contributed by atoms with Crippen molar-refractivity contribution in [1.29, 1.82) is 0 Å². The molecule has 0 saturated carbocycles. The zero-order chi connectivity index (χ0) is 9.84. The summed E-state index contributed by atoms with van der Waals surface area (Å²) in [5.41, 5.74) is 0.271. The molecule has 2 nitrogen and oxygen atoms in total. The van der Waals surface area contributed by atoms with E-state index in [0.29, 0.717) is 5.75 Å². The summed E-state index contributed by atoms with van der Waals surface area (Å²) in [5.74, 6) is 0.285. The normalized spacial score (nSPS) is 9.46. The van der Waals surface area contributed by atoms with Crippen LogP contribution in [0.25, 0.3) is 5.76 Å². The highest BCUT2D eigenvalue weighted by Gasteiger charge is 2.12. The SMILES string of the molecule is C=C(OC)c1c(F)cccc1OC. The molecule has 3 heteroatoms. The molecule has 0 atom stereocenters. The van der Waals surface area contributed by atoms with E-state index in [1.165, 1.54) is 20.3 Å². The molecular weight excluding hydrogens is 171 g/mol. The monoisotopic (exact) mass is 182 g/mol. The molecular formula is C10H11FO2. The number of methoxy groups -OCH3 is 2. The van der Waals surface area contributed by atoms with Gasteiger partial charge in [0.15, 0.2) is 0 Å². The van der Waals surface area contributed by atoms with Crippen LogP contribution in [0.2, 0.25) is 0 Å². The Morgan fingerprint density at radius 2 is 2.08 bits per heavy atom. The number of benzene rings is 1. The van der Waals surface area contributed by atoms with Gasteiger partial charge in [-0.3, -0.25) is 0 Å². The topological polar surface area (TPSA) is 18.5 Å². The summed E-state index contributed by atoms with van der Waals surface area (Å²) >= 11 is 0. The van der Waals surface area contributed by atoms with E-state index in [0.717, 1.165) is 0 Å². The molecule has 13 heavy (non-hydrogen) atoms. The Kier molecular flexibility index (Phi) is 2.90. The standard InChI is InChI=1S/C10H11FO2/c1-7(12-2)10-8(11)5-4-6-9(10)13-3/h4-6H,1H2,2-3H3. The van der Waals surface area contributed by atoms with E-state index in [9.17, 15) is 4.39 Å². The van der Waals surface area contributed by atoms with E-state index < -0.39 is 5.82 Å². The third-order valence-electron chi connectivity index (χ3n) is 1.72. The fourth-order valence-electron chi connectivity index (χ4n) is 1.05. The van der Waals surface area contributed by atoms with Gasteiger partial charge in [-0.2, -0.15) is 0 Å². The van der Waals surface area contributed by atoms with Crippen LogP contribution < -0.4 is 4.74 Å². The van der Waals surface area contributed by atoms with Gasteiger partial charge in [0, 0.05) is 0 Å². The smallest absolute Gasteiger partial charge is 0.137 e. The average Bonchev–Trinajstić information content (AvgIpc) is 2.16. The highest BCUT2D eigenvalue weighted by molar-refractivity contribution is 5.64. The Morgan fingerprint density at radius 1 is 1.38 bits per heavy atom. The third kappa shape index (κ3) is 1.80. The van der Waals surface area contributed by atoms with E-state index in [1.807, 2.05) is 0 Å². The number of hydrogen-bond acceptors (Lipinski definition) is 2. The van der Waals surface area contributed by atoms with E-state index in [-0.39, 0.29) is 11.3 Å². The van der Waals surface area contributed by atoms with Gasteiger partial charge in [0.2, 0.25) is 0 Å². The van der Waals surface area contributed by atoms with Gasteiger partial charge < -0.3 is 9.47 Å². The Labute approximate surface area is 76.6 Å². The fourth-order valence-corrected chi connectivity index (χ4v) is 1.05. The first-order chi connectivity index (χ1) is 6.20. The van der Waals surface area contributed by atoms with Crippen LogP contribution in [-0.4, -0.2) is 14.2 Å². The van der Waals surface area contributed by atoms with E-state index >= 15 is 0 Å². The van der Waals surface area contributed by atoms with Crippen molar-refractivity contribution in [2.75, 3.05) is 14.2 Å². The number of halogens is 1. The second-order valence-corrected chi connectivity index (χ2v) is 2.44. The summed E-state index contributed by atoms with van der Waals surface area (Å²) in [4.78, 5) is 0. The second kappa shape index (κ2) is 3.94. The van der Waals surface area contributed by atoms with Gasteiger partial charge in [-0.15, -0.1) is 0 Å². The molecule has 1 rings (SSSR count). The van der Waals surface area contributed by atoms with Crippen molar-refractivity contribution >= 4 is 5.76 Å². The van der Waals surface area contributed by atoms with Gasteiger partial charge in [-0.25, -0.2) is 4.39 Å². The zero-order valence-corrected chi connectivity index (χ0v) is 7.63. The lowest BCUT2D eigenvalue weighted by Crippen LogP contribution is -1.95. The first kappa shape index (κ1) is 9.58. The van der Waals surface area contributed by atoms with Crippen LogP contribution in [-0.2, 0) is 4.74 Å². The third-order valence-corrected chi connectivity index (χ3v) is 1.72. The molecule has 0 N–H and O–H groups in total. The van der Waals surface area contributed by atoms with E-state index in [1.54, 1.807) is 12.1 Å². The summed E-state index contributed by atoms with van der Waals surface area (Å²) < 4.78 is 23.1. The molecule has 0 amide bonds. The lowest BCUT2D eigenvalue weighted by Gasteiger charge is -2.10. The second-order valence-electron chi connectivity index (χ2n) is 2.44. The summed E-state index contributed by atoms with van der Waals surface area (Å²) in [7, 11) is 2.91. The fraction of sp³-hybridized carbons (Fsp3) is 0.200. The van der Waals surface area contributed by atoms with Crippen LogP contribution in [0.15, 0.2) is 24.8 Å². The molecule has 0 aliphatic heterocycles. The molecule has 0 radical (unpaired) electrons. The molecule has 0 heterocycles. The van der Waals surface area contributed by atoms with Gasteiger partial charge in [0.1, 0.15) is 17.3 Å². The maximum absolute atomic E-state index is 13.3. The van der Waals surface area contributed by atoms with Crippen LogP contribution >= 0.6 is 0 Å². The summed E-state index contributed by atoms with van der Waals surface area (Å²) in [6, 6.07) is 4.56. The summed E-state index contributed by atoms with van der Waals surface area (Å²) in [6.07, 6.45) is 0. The minimum Gasteiger partial charge on any atom is -0.497 e. The van der Waals surface area contributed by atoms with Crippen LogP contribution in [0, 0.1) is 5.82 Å². The van der Waals surface area contributed by atoms with Crippen molar-refractivity contribution in [1.82, 2.24) is 0 Å². The molecule has 0 spiro atoms. The Hall–Kier alpha value is -1.51. The minimum atomic E-state index is -0.397. The van der Waals surface area contributed by atoms with Crippen LogP contribution in [0.4, 0.5) is 4.39 Å². The molecule has 0 aromatic heterocycles. The largest absolute Gasteiger partial charge is 0.497 e.